The number of rotatable bonds is 0. The summed E-state index contributed by atoms with van der Waals surface area (Å²) in [5.41, 5.74) is -0.102. The van der Waals surface area contributed by atoms with E-state index in [9.17, 15) is 5.11 Å². The Bertz CT molecular complexity index is 181. The van der Waals surface area contributed by atoms with Crippen molar-refractivity contribution < 1.29 is 5.11 Å². The number of fused-ring (bicyclic) bond motifs is 2. The maximum absolute atomic E-state index is 10.1. The standard InChI is InChI=1S/C10H18O/c1-7-4-5-10(11)6-8(7)9(10,2)3/h7-8,11H,4-6H2,1-3H3/t7?,8-,10?/m1/s1. The van der Waals surface area contributed by atoms with Crippen molar-refractivity contribution in [3.63, 3.8) is 0 Å². The summed E-state index contributed by atoms with van der Waals surface area (Å²) >= 11 is 0. The fourth-order valence-corrected chi connectivity index (χ4v) is 3.10. The lowest BCUT2D eigenvalue weighted by molar-refractivity contribution is -0.241. The second-order valence-corrected chi connectivity index (χ2v) is 5.08. The summed E-state index contributed by atoms with van der Waals surface area (Å²) in [4.78, 5) is 0. The van der Waals surface area contributed by atoms with Crippen LogP contribution >= 0.6 is 0 Å². The van der Waals surface area contributed by atoms with Crippen LogP contribution in [0.15, 0.2) is 0 Å². The van der Waals surface area contributed by atoms with E-state index in [0.29, 0.717) is 0 Å². The maximum atomic E-state index is 10.1. The summed E-state index contributed by atoms with van der Waals surface area (Å²) in [6.07, 6.45) is 3.31. The Morgan fingerprint density at radius 1 is 1.36 bits per heavy atom. The molecule has 3 fully saturated rings. The smallest absolute Gasteiger partial charge is 0.0704 e. The van der Waals surface area contributed by atoms with Crippen LogP contribution < -0.4 is 0 Å². The molecule has 0 aromatic carbocycles. The zero-order valence-corrected chi connectivity index (χ0v) is 7.72. The number of hydrogen-bond donors (Lipinski definition) is 1. The average molecular weight is 154 g/mol. The second-order valence-electron chi connectivity index (χ2n) is 5.08. The van der Waals surface area contributed by atoms with E-state index in [1.165, 1.54) is 6.42 Å². The van der Waals surface area contributed by atoms with Crippen molar-refractivity contribution in [2.24, 2.45) is 17.3 Å². The lowest BCUT2D eigenvalue weighted by Gasteiger charge is -2.65. The maximum Gasteiger partial charge on any atom is 0.0704 e. The van der Waals surface area contributed by atoms with Gasteiger partial charge in [-0.2, -0.15) is 0 Å². The Labute approximate surface area is 68.8 Å². The summed E-state index contributed by atoms with van der Waals surface area (Å²) in [5, 5.41) is 10.1. The largest absolute Gasteiger partial charge is 0.389 e. The highest BCUT2D eigenvalue weighted by Crippen LogP contribution is 2.63. The molecule has 0 amide bonds. The van der Waals surface area contributed by atoms with Crippen molar-refractivity contribution in [1.29, 1.82) is 0 Å². The van der Waals surface area contributed by atoms with Crippen molar-refractivity contribution in [3.8, 4) is 0 Å². The van der Waals surface area contributed by atoms with Crippen LogP contribution in [0.2, 0.25) is 0 Å². The molecule has 3 aliphatic rings. The van der Waals surface area contributed by atoms with Crippen molar-refractivity contribution in [2.45, 2.75) is 45.6 Å². The van der Waals surface area contributed by atoms with E-state index >= 15 is 0 Å². The molecule has 1 heteroatoms. The van der Waals surface area contributed by atoms with Crippen LogP contribution in [0.1, 0.15) is 40.0 Å². The molecule has 0 heterocycles. The van der Waals surface area contributed by atoms with Crippen LogP contribution in [0, 0.1) is 17.3 Å². The molecule has 0 aromatic heterocycles. The van der Waals surface area contributed by atoms with Crippen molar-refractivity contribution in [3.05, 3.63) is 0 Å². The van der Waals surface area contributed by atoms with Crippen LogP contribution in [-0.4, -0.2) is 10.7 Å². The Morgan fingerprint density at radius 3 is 2.36 bits per heavy atom. The minimum atomic E-state index is -0.301. The molecule has 3 saturated carbocycles. The molecule has 0 aliphatic heterocycles. The molecular formula is C10H18O. The van der Waals surface area contributed by atoms with E-state index in [4.69, 9.17) is 0 Å². The van der Waals surface area contributed by atoms with Crippen molar-refractivity contribution in [1.82, 2.24) is 0 Å². The quantitative estimate of drug-likeness (QED) is 0.567. The minimum absolute atomic E-state index is 0.199. The number of hydrogen-bond acceptors (Lipinski definition) is 1. The van der Waals surface area contributed by atoms with Gasteiger partial charge in [0.25, 0.3) is 0 Å². The Morgan fingerprint density at radius 2 is 2.00 bits per heavy atom. The first-order valence-electron chi connectivity index (χ1n) is 4.70. The van der Waals surface area contributed by atoms with Crippen LogP contribution in [0.5, 0.6) is 0 Å². The summed E-state index contributed by atoms with van der Waals surface area (Å²) in [6.45, 7) is 6.76. The molecule has 11 heavy (non-hydrogen) atoms. The predicted molar refractivity (Wildman–Crippen MR) is 45.2 cm³/mol. The number of aliphatic hydroxyl groups is 1. The lowest BCUT2D eigenvalue weighted by Crippen LogP contribution is -2.65. The molecule has 0 spiro atoms. The van der Waals surface area contributed by atoms with Crippen molar-refractivity contribution in [2.75, 3.05) is 0 Å². The van der Waals surface area contributed by atoms with E-state index in [-0.39, 0.29) is 11.0 Å². The zero-order valence-electron chi connectivity index (χ0n) is 7.72. The van der Waals surface area contributed by atoms with Crippen LogP contribution in [0.3, 0.4) is 0 Å². The summed E-state index contributed by atoms with van der Waals surface area (Å²) < 4.78 is 0. The Balaban J connectivity index is 2.25. The lowest BCUT2D eigenvalue weighted by atomic mass is 9.43. The average Bonchev–Trinajstić information content (AvgIpc) is 1.94. The highest BCUT2D eigenvalue weighted by Gasteiger charge is 2.62. The van der Waals surface area contributed by atoms with Crippen LogP contribution in [0.25, 0.3) is 0 Å². The summed E-state index contributed by atoms with van der Waals surface area (Å²) in [5.74, 6) is 1.61. The van der Waals surface area contributed by atoms with Gasteiger partial charge in [0.05, 0.1) is 5.60 Å². The summed E-state index contributed by atoms with van der Waals surface area (Å²) in [6, 6.07) is 0. The van der Waals surface area contributed by atoms with Crippen LogP contribution in [-0.2, 0) is 0 Å². The van der Waals surface area contributed by atoms with Crippen LogP contribution in [0.4, 0.5) is 0 Å². The van der Waals surface area contributed by atoms with Gasteiger partial charge in [0.2, 0.25) is 0 Å². The summed E-state index contributed by atoms with van der Waals surface area (Å²) in [7, 11) is 0. The highest BCUT2D eigenvalue weighted by molar-refractivity contribution is 5.13. The molecule has 0 radical (unpaired) electrons. The minimum Gasteiger partial charge on any atom is -0.389 e. The molecule has 0 aromatic rings. The van der Waals surface area contributed by atoms with E-state index in [2.05, 4.69) is 20.8 Å². The Hall–Kier alpha value is -0.0400. The van der Waals surface area contributed by atoms with Gasteiger partial charge in [0.1, 0.15) is 0 Å². The molecular weight excluding hydrogens is 136 g/mol. The molecule has 3 aliphatic carbocycles. The molecule has 0 saturated heterocycles. The molecule has 1 nitrogen and oxygen atoms in total. The van der Waals surface area contributed by atoms with E-state index in [1.807, 2.05) is 0 Å². The molecule has 1 N–H and O–H groups in total. The fraction of sp³-hybridized carbons (Fsp3) is 1.00. The third kappa shape index (κ3) is 0.703. The van der Waals surface area contributed by atoms with Gasteiger partial charge in [0, 0.05) is 0 Å². The normalized spacial score (nSPS) is 53.5. The van der Waals surface area contributed by atoms with E-state index in [0.717, 1.165) is 24.7 Å². The molecule has 3 atom stereocenters. The topological polar surface area (TPSA) is 20.2 Å². The van der Waals surface area contributed by atoms with Gasteiger partial charge in [-0.25, -0.2) is 0 Å². The molecule has 64 valence electrons. The van der Waals surface area contributed by atoms with Crippen molar-refractivity contribution >= 4 is 0 Å². The van der Waals surface area contributed by atoms with Gasteiger partial charge in [-0.15, -0.1) is 0 Å². The van der Waals surface area contributed by atoms with Gasteiger partial charge in [0.15, 0.2) is 0 Å². The highest BCUT2D eigenvalue weighted by atomic mass is 16.3. The Kier molecular flexibility index (Phi) is 1.26. The van der Waals surface area contributed by atoms with Gasteiger partial charge in [-0.1, -0.05) is 20.8 Å². The zero-order chi connectivity index (χ0) is 8.28. The molecule has 2 bridgehead atoms. The van der Waals surface area contributed by atoms with Gasteiger partial charge < -0.3 is 5.11 Å². The molecule has 3 rings (SSSR count). The third-order valence-corrected chi connectivity index (χ3v) is 4.38. The SMILES string of the molecule is CC1CCC2(O)C[C@H]1C2(C)C. The molecule has 2 unspecified atom stereocenters. The fourth-order valence-electron chi connectivity index (χ4n) is 3.10. The van der Waals surface area contributed by atoms with Gasteiger partial charge >= 0.3 is 0 Å². The monoisotopic (exact) mass is 154 g/mol. The van der Waals surface area contributed by atoms with E-state index < -0.39 is 0 Å². The van der Waals surface area contributed by atoms with Gasteiger partial charge in [-0.05, 0) is 36.5 Å². The predicted octanol–water partition coefficient (Wildman–Crippen LogP) is 2.19. The third-order valence-electron chi connectivity index (χ3n) is 4.38. The first-order chi connectivity index (χ1) is 4.97. The first kappa shape index (κ1) is 7.60. The van der Waals surface area contributed by atoms with E-state index in [1.54, 1.807) is 0 Å². The second kappa shape index (κ2) is 1.82. The first-order valence-corrected chi connectivity index (χ1v) is 4.70. The van der Waals surface area contributed by atoms with Gasteiger partial charge in [-0.3, -0.25) is 0 Å².